The molecule has 0 spiro atoms. The molecule has 4 nitrogen and oxygen atoms in total. The number of rotatable bonds is 8. The lowest BCUT2D eigenvalue weighted by Crippen LogP contribution is -2.28. The van der Waals surface area contributed by atoms with Crippen molar-refractivity contribution in [3.63, 3.8) is 0 Å². The maximum absolute atomic E-state index is 12.9. The van der Waals surface area contributed by atoms with Gasteiger partial charge in [0.05, 0.1) is 5.69 Å². The van der Waals surface area contributed by atoms with Crippen LogP contribution in [-0.4, -0.2) is 29.0 Å². The molecule has 1 rings (SSSR count). The Morgan fingerprint density at radius 2 is 1.96 bits per heavy atom. The van der Waals surface area contributed by atoms with Gasteiger partial charge in [-0.1, -0.05) is 30.4 Å². The molecule has 0 radical (unpaired) electrons. The molecule has 0 bridgehead atoms. The summed E-state index contributed by atoms with van der Waals surface area (Å²) >= 11 is 0. The summed E-state index contributed by atoms with van der Waals surface area (Å²) in [4.78, 5) is 16.8. The maximum Gasteiger partial charge on any atom is 0.304 e. The van der Waals surface area contributed by atoms with Gasteiger partial charge in [-0.15, -0.1) is 0 Å². The zero-order valence-electron chi connectivity index (χ0n) is 15.1. The summed E-state index contributed by atoms with van der Waals surface area (Å²) < 4.78 is 32.3. The summed E-state index contributed by atoms with van der Waals surface area (Å²) in [6.45, 7) is 8.92. The fourth-order valence-electron chi connectivity index (χ4n) is 2.00. The van der Waals surface area contributed by atoms with E-state index in [9.17, 15) is 13.6 Å². The summed E-state index contributed by atoms with van der Waals surface area (Å²) in [6.07, 6.45) is 5.50. The van der Waals surface area contributed by atoms with Crippen LogP contribution in [0.15, 0.2) is 47.3 Å². The lowest BCUT2D eigenvalue weighted by molar-refractivity contribution is 0.119. The van der Waals surface area contributed by atoms with Crippen LogP contribution in [0.1, 0.15) is 33.4 Å². The molecule has 0 unspecified atom stereocenters. The number of ether oxygens (including phenoxy) is 1. The molecule has 1 aromatic rings. The van der Waals surface area contributed by atoms with Crippen molar-refractivity contribution in [2.75, 3.05) is 13.3 Å². The van der Waals surface area contributed by atoms with Crippen molar-refractivity contribution in [1.29, 1.82) is 0 Å². The highest BCUT2D eigenvalue weighted by Gasteiger charge is 2.18. The summed E-state index contributed by atoms with van der Waals surface area (Å²) in [5.41, 5.74) is 2.11. The number of hydrogen-bond donors (Lipinski definition) is 0. The van der Waals surface area contributed by atoms with Crippen LogP contribution in [-0.2, 0) is 0 Å². The van der Waals surface area contributed by atoms with Crippen molar-refractivity contribution in [3.8, 4) is 6.01 Å². The van der Waals surface area contributed by atoms with Crippen LogP contribution in [0.3, 0.4) is 0 Å². The molecule has 6 heteroatoms. The quantitative estimate of drug-likeness (QED) is 0.655. The molecule has 0 fully saturated rings. The van der Waals surface area contributed by atoms with Crippen molar-refractivity contribution in [2.45, 2.75) is 33.8 Å². The molecular formula is C19H24F2N2O2. The van der Waals surface area contributed by atoms with Gasteiger partial charge in [-0.05, 0) is 39.3 Å². The smallest absolute Gasteiger partial charge is 0.304 e. The molecule has 0 aromatic carbocycles. The minimum absolute atomic E-state index is 0.153. The largest absolute Gasteiger partial charge is 0.455 e. The van der Waals surface area contributed by atoms with Gasteiger partial charge in [0.15, 0.2) is 6.10 Å². The van der Waals surface area contributed by atoms with Crippen LogP contribution >= 0.6 is 0 Å². The van der Waals surface area contributed by atoms with E-state index in [4.69, 9.17) is 4.74 Å². The van der Waals surface area contributed by atoms with Crippen molar-refractivity contribution in [2.24, 2.45) is 0 Å². The Morgan fingerprint density at radius 1 is 1.32 bits per heavy atom. The SMILES string of the molecule is C=C/C(=C\C)c1cc(=O)n(/C(C)=C/C=C(C)C)c(OC(CF)CF)n1. The van der Waals surface area contributed by atoms with Gasteiger partial charge in [-0.25, -0.2) is 13.3 Å². The summed E-state index contributed by atoms with van der Waals surface area (Å²) in [7, 11) is 0. The zero-order valence-corrected chi connectivity index (χ0v) is 15.1. The number of aromatic nitrogens is 2. The molecule has 0 saturated carbocycles. The van der Waals surface area contributed by atoms with Gasteiger partial charge in [-0.2, -0.15) is 4.98 Å². The first-order valence-corrected chi connectivity index (χ1v) is 7.91. The van der Waals surface area contributed by atoms with Crippen molar-refractivity contribution >= 4 is 11.3 Å². The third kappa shape index (κ3) is 5.52. The van der Waals surface area contributed by atoms with Crippen LogP contribution in [0.4, 0.5) is 8.78 Å². The number of nitrogens with zero attached hydrogens (tertiary/aromatic N) is 2. The molecule has 1 heterocycles. The Hall–Kier alpha value is -2.50. The van der Waals surface area contributed by atoms with Gasteiger partial charge in [0.1, 0.15) is 13.3 Å². The summed E-state index contributed by atoms with van der Waals surface area (Å²) in [6, 6.07) is 1.18. The summed E-state index contributed by atoms with van der Waals surface area (Å²) in [5.74, 6) is 0. The standard InChI is InChI=1S/C19H24F2N2O2/c1-6-15(7-2)17-10-18(24)23(14(5)9-8-13(3)4)19(22-17)25-16(11-20)12-21/h6-10,16H,1,11-12H2,2-5H3/b14-9+,15-7+. The first-order valence-electron chi connectivity index (χ1n) is 7.91. The number of halogens is 2. The second kappa shape index (κ2) is 9.71. The predicted octanol–water partition coefficient (Wildman–Crippen LogP) is 4.35. The van der Waals surface area contributed by atoms with Crippen molar-refractivity contribution < 1.29 is 13.5 Å². The molecule has 0 atom stereocenters. The van der Waals surface area contributed by atoms with Gasteiger partial charge >= 0.3 is 6.01 Å². The molecule has 1 aromatic heterocycles. The molecule has 0 amide bonds. The molecule has 25 heavy (non-hydrogen) atoms. The van der Waals surface area contributed by atoms with Gasteiger partial charge in [-0.3, -0.25) is 4.79 Å². The summed E-state index contributed by atoms with van der Waals surface area (Å²) in [5, 5.41) is 0. The monoisotopic (exact) mass is 350 g/mol. The van der Waals surface area contributed by atoms with Crippen molar-refractivity contribution in [1.82, 2.24) is 9.55 Å². The normalized spacial score (nSPS) is 12.3. The minimum atomic E-state index is -1.32. The Labute approximate surface area is 146 Å². The second-order valence-electron chi connectivity index (χ2n) is 5.65. The van der Waals surface area contributed by atoms with Crippen LogP contribution in [0.2, 0.25) is 0 Å². The van der Waals surface area contributed by atoms with E-state index in [1.807, 2.05) is 19.9 Å². The van der Waals surface area contributed by atoms with E-state index in [2.05, 4.69) is 11.6 Å². The molecule has 0 N–H and O–H groups in total. The molecule has 0 aliphatic rings. The predicted molar refractivity (Wildman–Crippen MR) is 98.1 cm³/mol. The Kier molecular flexibility index (Phi) is 7.98. The molecule has 0 aliphatic carbocycles. The maximum atomic E-state index is 12.9. The first kappa shape index (κ1) is 20.5. The van der Waals surface area contributed by atoms with E-state index in [0.29, 0.717) is 17.0 Å². The van der Waals surface area contributed by atoms with Crippen molar-refractivity contribution in [3.05, 3.63) is 58.6 Å². The van der Waals surface area contributed by atoms with Gasteiger partial charge in [0.25, 0.3) is 5.56 Å². The van der Waals surface area contributed by atoms with Crippen LogP contribution < -0.4 is 10.3 Å². The van der Waals surface area contributed by atoms with Gasteiger partial charge in [0, 0.05) is 11.8 Å². The van der Waals surface area contributed by atoms with Crippen LogP contribution in [0.5, 0.6) is 6.01 Å². The minimum Gasteiger partial charge on any atom is -0.455 e. The average molecular weight is 350 g/mol. The molecule has 136 valence electrons. The molecule has 0 aliphatic heterocycles. The topological polar surface area (TPSA) is 44.1 Å². The van der Waals surface area contributed by atoms with Crippen LogP contribution in [0.25, 0.3) is 11.3 Å². The van der Waals surface area contributed by atoms with E-state index >= 15 is 0 Å². The first-order chi connectivity index (χ1) is 11.9. The van der Waals surface area contributed by atoms with E-state index < -0.39 is 25.0 Å². The highest BCUT2D eigenvalue weighted by molar-refractivity contribution is 5.71. The van der Waals surface area contributed by atoms with E-state index in [1.54, 1.807) is 32.1 Å². The lowest BCUT2D eigenvalue weighted by atomic mass is 10.2. The average Bonchev–Trinajstić information content (AvgIpc) is 2.58. The third-order valence-corrected chi connectivity index (χ3v) is 3.34. The molecular weight excluding hydrogens is 326 g/mol. The Bertz CT molecular complexity index is 753. The van der Waals surface area contributed by atoms with E-state index in [-0.39, 0.29) is 6.01 Å². The highest BCUT2D eigenvalue weighted by atomic mass is 19.1. The second-order valence-corrected chi connectivity index (χ2v) is 5.65. The van der Waals surface area contributed by atoms with E-state index in [1.165, 1.54) is 10.6 Å². The number of allylic oxidation sites excluding steroid dienone is 7. The van der Waals surface area contributed by atoms with Crippen LogP contribution in [0, 0.1) is 0 Å². The Morgan fingerprint density at radius 3 is 2.44 bits per heavy atom. The third-order valence-electron chi connectivity index (χ3n) is 3.34. The lowest BCUT2D eigenvalue weighted by Gasteiger charge is -2.17. The van der Waals surface area contributed by atoms with Gasteiger partial charge in [0.2, 0.25) is 0 Å². The fourth-order valence-corrected chi connectivity index (χ4v) is 2.00. The zero-order chi connectivity index (χ0) is 19.0. The Balaban J connectivity index is 3.58. The number of alkyl halides is 2. The fraction of sp³-hybridized carbons (Fsp3) is 0.368. The highest BCUT2D eigenvalue weighted by Crippen LogP contribution is 2.19. The van der Waals surface area contributed by atoms with E-state index in [0.717, 1.165) is 5.57 Å². The van der Waals surface area contributed by atoms with Gasteiger partial charge < -0.3 is 4.74 Å². The molecule has 0 saturated heterocycles. The number of hydrogen-bond acceptors (Lipinski definition) is 3.